The fourth-order valence-corrected chi connectivity index (χ4v) is 1.02. The Balaban J connectivity index is 2.45. The van der Waals surface area contributed by atoms with Gasteiger partial charge in [0.05, 0.1) is 18.5 Å². The number of carbonyl (C=O) groups is 2. The van der Waals surface area contributed by atoms with Crippen molar-refractivity contribution in [3.8, 4) is 5.88 Å². The molecule has 0 radical (unpaired) electrons. The summed E-state index contributed by atoms with van der Waals surface area (Å²) in [4.78, 5) is 25.3. The van der Waals surface area contributed by atoms with E-state index in [1.54, 1.807) is 12.1 Å². The van der Waals surface area contributed by atoms with Crippen LogP contribution in [0.25, 0.3) is 0 Å². The molecular weight excluding hydrogens is 226 g/mol. The lowest BCUT2D eigenvalue weighted by Crippen LogP contribution is -2.33. The maximum absolute atomic E-state index is 11.2. The molecule has 0 atom stereocenters. The van der Waals surface area contributed by atoms with Gasteiger partial charge in [-0.2, -0.15) is 0 Å². The summed E-state index contributed by atoms with van der Waals surface area (Å²) in [5.74, 6) is -0.644. The van der Waals surface area contributed by atoms with E-state index in [4.69, 9.17) is 9.84 Å². The van der Waals surface area contributed by atoms with Crippen LogP contribution in [0.3, 0.4) is 0 Å². The van der Waals surface area contributed by atoms with Gasteiger partial charge < -0.3 is 20.5 Å². The normalized spacial score (nSPS) is 9.47. The molecule has 1 heterocycles. The Hall–Kier alpha value is -2.31. The van der Waals surface area contributed by atoms with Crippen LogP contribution in [0.1, 0.15) is 6.92 Å². The number of hydrogen-bond donors (Lipinski definition) is 3. The number of carboxylic acids is 1. The zero-order valence-electron chi connectivity index (χ0n) is 9.27. The van der Waals surface area contributed by atoms with Gasteiger partial charge in [0.15, 0.2) is 0 Å². The summed E-state index contributed by atoms with van der Waals surface area (Å²) in [5, 5.41) is 12.9. The van der Waals surface area contributed by atoms with Gasteiger partial charge in [-0.15, -0.1) is 0 Å². The first-order valence-corrected chi connectivity index (χ1v) is 4.97. The zero-order valence-corrected chi connectivity index (χ0v) is 9.27. The van der Waals surface area contributed by atoms with Gasteiger partial charge in [-0.05, 0) is 13.0 Å². The molecule has 0 bridgehead atoms. The number of aliphatic carboxylic acids is 1. The number of aromatic nitrogens is 1. The highest BCUT2D eigenvalue weighted by Crippen LogP contribution is 2.10. The minimum atomic E-state index is -1.11. The van der Waals surface area contributed by atoms with Crippen LogP contribution in [-0.2, 0) is 4.79 Å². The van der Waals surface area contributed by atoms with Crippen LogP contribution in [0.4, 0.5) is 10.5 Å². The third-order valence-corrected chi connectivity index (χ3v) is 1.69. The van der Waals surface area contributed by atoms with Crippen LogP contribution in [0.5, 0.6) is 5.88 Å². The number of rotatable bonds is 5. The Morgan fingerprint density at radius 1 is 1.47 bits per heavy atom. The van der Waals surface area contributed by atoms with E-state index in [1.165, 1.54) is 6.20 Å². The highest BCUT2D eigenvalue weighted by molar-refractivity contribution is 5.90. The third kappa shape index (κ3) is 4.83. The van der Waals surface area contributed by atoms with Crippen LogP contribution in [-0.4, -0.2) is 35.2 Å². The predicted octanol–water partition coefficient (Wildman–Crippen LogP) is 0.686. The first-order chi connectivity index (χ1) is 8.11. The second-order valence-corrected chi connectivity index (χ2v) is 3.02. The number of carbonyl (C=O) groups excluding carboxylic acids is 1. The number of hydrogen-bond acceptors (Lipinski definition) is 4. The Kier molecular flexibility index (Phi) is 4.74. The first kappa shape index (κ1) is 12.8. The van der Waals surface area contributed by atoms with Crippen molar-refractivity contribution < 1.29 is 19.4 Å². The molecule has 7 nitrogen and oxygen atoms in total. The minimum Gasteiger partial charge on any atom is -0.480 e. The molecule has 0 spiro atoms. The van der Waals surface area contributed by atoms with Gasteiger partial charge in [0, 0.05) is 6.07 Å². The Labute approximate surface area is 97.8 Å². The number of ether oxygens (including phenoxy) is 1. The van der Waals surface area contributed by atoms with Gasteiger partial charge in [-0.25, -0.2) is 9.78 Å². The number of pyridine rings is 1. The summed E-state index contributed by atoms with van der Waals surface area (Å²) in [7, 11) is 0. The summed E-state index contributed by atoms with van der Waals surface area (Å²) in [6.45, 7) is 1.92. The van der Waals surface area contributed by atoms with Crippen molar-refractivity contribution in [3.05, 3.63) is 18.3 Å². The molecule has 0 unspecified atom stereocenters. The van der Waals surface area contributed by atoms with Crippen LogP contribution >= 0.6 is 0 Å². The minimum absolute atomic E-state index is 0.434. The molecule has 0 aliphatic heterocycles. The lowest BCUT2D eigenvalue weighted by Gasteiger charge is -2.06. The molecule has 1 aromatic heterocycles. The van der Waals surface area contributed by atoms with Crippen molar-refractivity contribution in [2.75, 3.05) is 18.5 Å². The van der Waals surface area contributed by atoms with Crippen molar-refractivity contribution in [1.82, 2.24) is 10.3 Å². The SMILES string of the molecule is CCOc1ccc(NC(=O)NCC(=O)O)cn1. The maximum atomic E-state index is 11.2. The van der Waals surface area contributed by atoms with E-state index in [0.29, 0.717) is 18.2 Å². The molecule has 0 aliphatic rings. The van der Waals surface area contributed by atoms with Gasteiger partial charge in [-0.3, -0.25) is 4.79 Å². The van der Waals surface area contributed by atoms with Gasteiger partial charge in [0.1, 0.15) is 6.54 Å². The van der Waals surface area contributed by atoms with E-state index in [1.807, 2.05) is 6.92 Å². The first-order valence-electron chi connectivity index (χ1n) is 4.97. The van der Waals surface area contributed by atoms with Crippen molar-refractivity contribution in [1.29, 1.82) is 0 Å². The number of nitrogens with zero attached hydrogens (tertiary/aromatic N) is 1. The number of amides is 2. The van der Waals surface area contributed by atoms with E-state index in [9.17, 15) is 9.59 Å². The topological polar surface area (TPSA) is 101 Å². The summed E-state index contributed by atoms with van der Waals surface area (Å²) in [5.41, 5.74) is 0.455. The molecule has 0 fully saturated rings. The average molecular weight is 239 g/mol. The van der Waals surface area contributed by atoms with E-state index >= 15 is 0 Å². The van der Waals surface area contributed by atoms with Crippen molar-refractivity contribution >= 4 is 17.7 Å². The van der Waals surface area contributed by atoms with Crippen LogP contribution in [0, 0.1) is 0 Å². The van der Waals surface area contributed by atoms with Crippen molar-refractivity contribution in [3.63, 3.8) is 0 Å². The van der Waals surface area contributed by atoms with Crippen molar-refractivity contribution in [2.45, 2.75) is 6.92 Å². The fraction of sp³-hybridized carbons (Fsp3) is 0.300. The van der Waals surface area contributed by atoms with E-state index in [2.05, 4.69) is 15.6 Å². The number of nitrogens with one attached hydrogen (secondary N) is 2. The second kappa shape index (κ2) is 6.31. The highest BCUT2D eigenvalue weighted by Gasteiger charge is 2.04. The van der Waals surface area contributed by atoms with Gasteiger partial charge in [-0.1, -0.05) is 0 Å². The number of urea groups is 1. The predicted molar refractivity (Wildman–Crippen MR) is 60.1 cm³/mol. The summed E-state index contributed by atoms with van der Waals surface area (Å²) >= 11 is 0. The maximum Gasteiger partial charge on any atom is 0.323 e. The summed E-state index contributed by atoms with van der Waals surface area (Å²) < 4.78 is 5.13. The molecule has 1 rings (SSSR count). The third-order valence-electron chi connectivity index (χ3n) is 1.69. The molecule has 2 amide bonds. The van der Waals surface area contributed by atoms with Crippen molar-refractivity contribution in [2.24, 2.45) is 0 Å². The number of carboxylic acid groups (broad SMARTS) is 1. The smallest absolute Gasteiger partial charge is 0.323 e. The molecule has 1 aromatic rings. The Bertz CT molecular complexity index is 391. The molecule has 0 aromatic carbocycles. The standard InChI is InChI=1S/C10H13N3O4/c1-2-17-8-4-3-7(5-11-8)13-10(16)12-6-9(14)15/h3-5H,2,6H2,1H3,(H,14,15)(H2,12,13,16). The Morgan fingerprint density at radius 3 is 2.76 bits per heavy atom. The van der Waals surface area contributed by atoms with Gasteiger partial charge in [0.2, 0.25) is 5.88 Å². The molecule has 0 saturated heterocycles. The van der Waals surface area contributed by atoms with E-state index < -0.39 is 18.5 Å². The lowest BCUT2D eigenvalue weighted by atomic mass is 10.4. The molecule has 17 heavy (non-hydrogen) atoms. The molecular formula is C10H13N3O4. The molecule has 7 heteroatoms. The molecule has 0 saturated carbocycles. The summed E-state index contributed by atoms with van der Waals surface area (Å²) in [6.07, 6.45) is 1.42. The van der Waals surface area contributed by atoms with Crippen LogP contribution < -0.4 is 15.4 Å². The molecule has 92 valence electrons. The second-order valence-electron chi connectivity index (χ2n) is 3.02. The fourth-order valence-electron chi connectivity index (χ4n) is 1.02. The monoisotopic (exact) mass is 239 g/mol. The molecule has 0 aliphatic carbocycles. The van der Waals surface area contributed by atoms with E-state index in [-0.39, 0.29) is 0 Å². The lowest BCUT2D eigenvalue weighted by molar-refractivity contribution is -0.135. The highest BCUT2D eigenvalue weighted by atomic mass is 16.5. The Morgan fingerprint density at radius 2 is 2.24 bits per heavy atom. The van der Waals surface area contributed by atoms with Gasteiger partial charge in [0.25, 0.3) is 0 Å². The molecule has 3 N–H and O–H groups in total. The van der Waals surface area contributed by atoms with Crippen LogP contribution in [0.15, 0.2) is 18.3 Å². The van der Waals surface area contributed by atoms with Gasteiger partial charge >= 0.3 is 12.0 Å². The number of anilines is 1. The van der Waals surface area contributed by atoms with Crippen LogP contribution in [0.2, 0.25) is 0 Å². The zero-order chi connectivity index (χ0) is 12.7. The average Bonchev–Trinajstić information content (AvgIpc) is 2.29. The summed E-state index contributed by atoms with van der Waals surface area (Å²) in [6, 6.07) is 2.62. The van der Waals surface area contributed by atoms with E-state index in [0.717, 1.165) is 0 Å². The largest absolute Gasteiger partial charge is 0.480 e. The quantitative estimate of drug-likeness (QED) is 0.701.